The Balaban J connectivity index is 1.74. The van der Waals surface area contributed by atoms with Gasteiger partial charge in [0.1, 0.15) is 5.75 Å². The minimum atomic E-state index is 0.670. The highest BCUT2D eigenvalue weighted by Gasteiger charge is 2.20. The molecule has 1 saturated carbocycles. The third kappa shape index (κ3) is 3.58. The van der Waals surface area contributed by atoms with E-state index >= 15 is 0 Å². The topological polar surface area (TPSA) is 34.1 Å². The van der Waals surface area contributed by atoms with E-state index in [4.69, 9.17) is 4.74 Å². The van der Waals surface area contributed by atoms with Crippen LogP contribution in [0.5, 0.6) is 11.6 Å². The lowest BCUT2D eigenvalue weighted by atomic mass is 10.2. The predicted octanol–water partition coefficient (Wildman–Crippen LogP) is 3.74. The van der Waals surface area contributed by atoms with E-state index in [-0.39, 0.29) is 0 Å². The molecular weight excluding hydrogens is 248 g/mol. The third-order valence-corrected chi connectivity index (χ3v) is 3.37. The summed E-state index contributed by atoms with van der Waals surface area (Å²) in [5.41, 5.74) is 3.40. The van der Waals surface area contributed by atoms with Gasteiger partial charge in [0.05, 0.1) is 0 Å². The Morgan fingerprint density at radius 3 is 2.80 bits per heavy atom. The average Bonchev–Trinajstić information content (AvgIpc) is 3.20. The molecule has 1 aliphatic rings. The quantitative estimate of drug-likeness (QED) is 0.897. The van der Waals surface area contributed by atoms with Gasteiger partial charge >= 0.3 is 0 Å². The molecule has 3 nitrogen and oxygen atoms in total. The monoisotopic (exact) mass is 268 g/mol. The van der Waals surface area contributed by atoms with Gasteiger partial charge in [-0.05, 0) is 56.0 Å². The smallest absolute Gasteiger partial charge is 0.219 e. The summed E-state index contributed by atoms with van der Waals surface area (Å²) >= 11 is 0. The summed E-state index contributed by atoms with van der Waals surface area (Å²) in [4.78, 5) is 4.45. The normalized spacial score (nSPS) is 14.3. The molecule has 0 unspecified atom stereocenters. The molecule has 3 heteroatoms. The van der Waals surface area contributed by atoms with Gasteiger partial charge in [-0.15, -0.1) is 0 Å². The van der Waals surface area contributed by atoms with Crippen molar-refractivity contribution in [2.75, 3.05) is 0 Å². The zero-order chi connectivity index (χ0) is 13.9. The van der Waals surface area contributed by atoms with Crippen LogP contribution in [-0.4, -0.2) is 11.0 Å². The minimum Gasteiger partial charge on any atom is -0.439 e. The van der Waals surface area contributed by atoms with E-state index in [1.54, 1.807) is 0 Å². The number of aryl methyl sites for hydroxylation is 2. The maximum atomic E-state index is 5.86. The standard InChI is InChI=1S/C17H20N2O/c1-12-4-3-5-16(8-12)20-17-10-14(9-13(2)19-17)11-18-15-6-7-15/h3-5,8-10,15,18H,6-7,11H2,1-2H3. The molecule has 0 saturated heterocycles. The Labute approximate surface area is 120 Å². The van der Waals surface area contributed by atoms with Crippen LogP contribution in [0, 0.1) is 13.8 Å². The van der Waals surface area contributed by atoms with Gasteiger partial charge in [-0.3, -0.25) is 0 Å². The molecule has 0 aliphatic heterocycles. The molecule has 0 spiro atoms. The number of hydrogen-bond acceptors (Lipinski definition) is 3. The van der Waals surface area contributed by atoms with Crippen molar-refractivity contribution in [2.24, 2.45) is 0 Å². The Morgan fingerprint density at radius 2 is 2.05 bits per heavy atom. The molecule has 1 heterocycles. The first kappa shape index (κ1) is 13.1. The predicted molar refractivity (Wildman–Crippen MR) is 80.1 cm³/mol. The molecule has 1 aromatic heterocycles. The second kappa shape index (κ2) is 5.63. The summed E-state index contributed by atoms with van der Waals surface area (Å²) in [5, 5.41) is 3.52. The Hall–Kier alpha value is -1.87. The molecule has 0 bridgehead atoms. The third-order valence-electron chi connectivity index (χ3n) is 3.37. The molecule has 1 fully saturated rings. The van der Waals surface area contributed by atoms with E-state index in [9.17, 15) is 0 Å². The Bertz CT molecular complexity index is 606. The molecule has 0 radical (unpaired) electrons. The first-order valence-corrected chi connectivity index (χ1v) is 7.14. The number of rotatable bonds is 5. The molecule has 20 heavy (non-hydrogen) atoms. The van der Waals surface area contributed by atoms with Crippen molar-refractivity contribution in [1.82, 2.24) is 10.3 Å². The Kier molecular flexibility index (Phi) is 3.70. The highest BCUT2D eigenvalue weighted by Crippen LogP contribution is 2.23. The fourth-order valence-corrected chi connectivity index (χ4v) is 2.21. The summed E-state index contributed by atoms with van der Waals surface area (Å²) in [6, 6.07) is 12.9. The average molecular weight is 268 g/mol. The van der Waals surface area contributed by atoms with Crippen molar-refractivity contribution in [3.05, 3.63) is 53.2 Å². The fourth-order valence-electron chi connectivity index (χ4n) is 2.21. The van der Waals surface area contributed by atoms with E-state index in [0.29, 0.717) is 11.9 Å². The van der Waals surface area contributed by atoms with Crippen LogP contribution in [0.25, 0.3) is 0 Å². The maximum Gasteiger partial charge on any atom is 0.219 e. The highest BCUT2D eigenvalue weighted by atomic mass is 16.5. The van der Waals surface area contributed by atoms with Gasteiger partial charge in [-0.25, -0.2) is 4.98 Å². The van der Waals surface area contributed by atoms with Crippen molar-refractivity contribution in [2.45, 2.75) is 39.3 Å². The molecular formula is C17H20N2O. The van der Waals surface area contributed by atoms with Crippen LogP contribution in [0.1, 0.15) is 29.7 Å². The highest BCUT2D eigenvalue weighted by molar-refractivity contribution is 5.33. The zero-order valence-electron chi connectivity index (χ0n) is 12.0. The second-order valence-corrected chi connectivity index (χ2v) is 5.53. The van der Waals surface area contributed by atoms with Crippen molar-refractivity contribution < 1.29 is 4.74 Å². The number of nitrogens with one attached hydrogen (secondary N) is 1. The van der Waals surface area contributed by atoms with Gasteiger partial charge in [0.25, 0.3) is 0 Å². The SMILES string of the molecule is Cc1cccc(Oc2cc(CNC3CC3)cc(C)n2)c1. The van der Waals surface area contributed by atoms with E-state index in [0.717, 1.165) is 18.0 Å². The van der Waals surface area contributed by atoms with E-state index in [2.05, 4.69) is 29.4 Å². The summed E-state index contributed by atoms with van der Waals surface area (Å²) in [6.45, 7) is 4.95. The van der Waals surface area contributed by atoms with Crippen LogP contribution < -0.4 is 10.1 Å². The molecule has 1 aliphatic carbocycles. The van der Waals surface area contributed by atoms with Crippen molar-refractivity contribution in [1.29, 1.82) is 0 Å². The van der Waals surface area contributed by atoms with Crippen LogP contribution in [0.4, 0.5) is 0 Å². The van der Waals surface area contributed by atoms with Crippen molar-refractivity contribution in [3.63, 3.8) is 0 Å². The summed E-state index contributed by atoms with van der Waals surface area (Å²) in [5.74, 6) is 1.51. The lowest BCUT2D eigenvalue weighted by Gasteiger charge is -2.09. The molecule has 2 aromatic rings. The maximum absolute atomic E-state index is 5.86. The molecule has 0 atom stereocenters. The summed E-state index contributed by atoms with van der Waals surface area (Å²) < 4.78 is 5.86. The number of nitrogens with zero attached hydrogens (tertiary/aromatic N) is 1. The largest absolute Gasteiger partial charge is 0.439 e. The van der Waals surface area contributed by atoms with Gasteiger partial charge in [-0.1, -0.05) is 12.1 Å². The first-order chi connectivity index (χ1) is 9.69. The number of aromatic nitrogens is 1. The van der Waals surface area contributed by atoms with Gasteiger partial charge in [0.2, 0.25) is 5.88 Å². The van der Waals surface area contributed by atoms with Crippen LogP contribution in [0.15, 0.2) is 36.4 Å². The lowest BCUT2D eigenvalue weighted by molar-refractivity contribution is 0.460. The van der Waals surface area contributed by atoms with Crippen molar-refractivity contribution in [3.8, 4) is 11.6 Å². The van der Waals surface area contributed by atoms with Gasteiger partial charge in [0, 0.05) is 24.3 Å². The molecule has 1 N–H and O–H groups in total. The second-order valence-electron chi connectivity index (χ2n) is 5.53. The van der Waals surface area contributed by atoms with Gasteiger partial charge in [0.15, 0.2) is 0 Å². The summed E-state index contributed by atoms with van der Waals surface area (Å²) in [7, 11) is 0. The summed E-state index contributed by atoms with van der Waals surface area (Å²) in [6.07, 6.45) is 2.60. The number of hydrogen-bond donors (Lipinski definition) is 1. The number of benzene rings is 1. The number of ether oxygens (including phenoxy) is 1. The fraction of sp³-hybridized carbons (Fsp3) is 0.353. The minimum absolute atomic E-state index is 0.670. The van der Waals surface area contributed by atoms with E-state index in [1.807, 2.05) is 31.2 Å². The van der Waals surface area contributed by atoms with Gasteiger partial charge in [-0.2, -0.15) is 0 Å². The lowest BCUT2D eigenvalue weighted by Crippen LogP contribution is -2.15. The Morgan fingerprint density at radius 1 is 1.20 bits per heavy atom. The van der Waals surface area contributed by atoms with Crippen LogP contribution in [0.3, 0.4) is 0 Å². The van der Waals surface area contributed by atoms with Crippen molar-refractivity contribution >= 4 is 0 Å². The van der Waals surface area contributed by atoms with Crippen LogP contribution in [0.2, 0.25) is 0 Å². The van der Waals surface area contributed by atoms with Crippen LogP contribution in [-0.2, 0) is 6.54 Å². The molecule has 104 valence electrons. The van der Waals surface area contributed by atoms with Crippen LogP contribution >= 0.6 is 0 Å². The molecule has 3 rings (SSSR count). The number of pyridine rings is 1. The van der Waals surface area contributed by atoms with Gasteiger partial charge < -0.3 is 10.1 Å². The van der Waals surface area contributed by atoms with E-state index < -0.39 is 0 Å². The molecule has 1 aromatic carbocycles. The van der Waals surface area contributed by atoms with E-state index in [1.165, 1.54) is 24.0 Å². The zero-order valence-corrected chi connectivity index (χ0v) is 12.0. The molecule has 0 amide bonds. The first-order valence-electron chi connectivity index (χ1n) is 7.14.